The molecule has 1 heterocycles. The molecule has 0 bridgehead atoms. The molecule has 0 unspecified atom stereocenters. The summed E-state index contributed by atoms with van der Waals surface area (Å²) >= 11 is 0. The molecule has 0 aliphatic carbocycles. The predicted octanol–water partition coefficient (Wildman–Crippen LogP) is 4.53. The molecule has 0 N–H and O–H groups in total. The largest absolute Gasteiger partial charge is 0.323 e. The van der Waals surface area contributed by atoms with Crippen molar-refractivity contribution in [1.82, 2.24) is 0 Å². The lowest BCUT2D eigenvalue weighted by molar-refractivity contribution is -0.920. The van der Waals surface area contributed by atoms with Gasteiger partial charge in [0.2, 0.25) is 0 Å². The van der Waals surface area contributed by atoms with Gasteiger partial charge in [0.1, 0.15) is 14.6 Å². The quantitative estimate of drug-likeness (QED) is 0.289. The van der Waals surface area contributed by atoms with Crippen molar-refractivity contribution < 1.29 is 4.48 Å². The van der Waals surface area contributed by atoms with Gasteiger partial charge in [-0.05, 0) is 0 Å². The van der Waals surface area contributed by atoms with Crippen LogP contribution in [0.3, 0.4) is 0 Å². The van der Waals surface area contributed by atoms with Crippen LogP contribution in [0.5, 0.6) is 0 Å². The first-order chi connectivity index (χ1) is 12.7. The van der Waals surface area contributed by atoms with Gasteiger partial charge in [-0.15, -0.1) is 24.0 Å². The van der Waals surface area contributed by atoms with E-state index in [0.29, 0.717) is 0 Å². The second kappa shape index (κ2) is 8.72. The first-order valence-electron chi connectivity index (χ1n) is 9.69. The Morgan fingerprint density at radius 2 is 1.07 bits per heavy atom. The van der Waals surface area contributed by atoms with Gasteiger partial charge in [-0.25, -0.2) is 0 Å². The number of hydrogen-bond donors (Lipinski definition) is 0. The van der Waals surface area contributed by atoms with Crippen LogP contribution in [-0.4, -0.2) is 32.7 Å². The van der Waals surface area contributed by atoms with Crippen molar-refractivity contribution in [3.63, 3.8) is 0 Å². The SMILES string of the molecule is C[N+]1(Cc2ccccc2)CC[Si](c2ccccc2)(c2ccccc2)CC1.I. The van der Waals surface area contributed by atoms with Crippen LogP contribution in [0, 0.1) is 0 Å². The van der Waals surface area contributed by atoms with Gasteiger partial charge in [-0.1, -0.05) is 101 Å². The molecule has 3 aromatic rings. The van der Waals surface area contributed by atoms with Crippen LogP contribution in [0.25, 0.3) is 0 Å². The molecule has 1 nitrogen and oxygen atoms in total. The number of benzene rings is 3. The zero-order valence-electron chi connectivity index (χ0n) is 16.1. The lowest BCUT2D eigenvalue weighted by atomic mass is 10.2. The van der Waals surface area contributed by atoms with Crippen molar-refractivity contribution in [2.75, 3.05) is 20.1 Å². The third-order valence-corrected chi connectivity index (χ3v) is 11.2. The first-order valence-corrected chi connectivity index (χ1v) is 12.1. The molecule has 1 saturated heterocycles. The minimum absolute atomic E-state index is 0. The second-order valence-electron chi connectivity index (χ2n) is 8.02. The Kier molecular flexibility index (Phi) is 6.55. The number of hydrogen-bond acceptors (Lipinski definition) is 0. The summed E-state index contributed by atoms with van der Waals surface area (Å²) in [4.78, 5) is 0. The topological polar surface area (TPSA) is 0 Å². The average Bonchev–Trinajstić information content (AvgIpc) is 2.71. The summed E-state index contributed by atoms with van der Waals surface area (Å²) in [5, 5.41) is 3.22. The van der Waals surface area contributed by atoms with Crippen LogP contribution in [0.1, 0.15) is 5.56 Å². The molecule has 0 amide bonds. The van der Waals surface area contributed by atoms with Crippen molar-refractivity contribution in [2.45, 2.75) is 18.6 Å². The molecule has 1 aliphatic heterocycles. The number of halogens is 1. The van der Waals surface area contributed by atoms with Crippen LogP contribution >= 0.6 is 24.0 Å². The molecule has 4 rings (SSSR count). The Balaban J connectivity index is 0.00000210. The van der Waals surface area contributed by atoms with E-state index in [2.05, 4.69) is 98.0 Å². The maximum Gasteiger partial charge on any atom is 0.129 e. The van der Waals surface area contributed by atoms with Crippen LogP contribution < -0.4 is 10.4 Å². The van der Waals surface area contributed by atoms with Gasteiger partial charge in [0.25, 0.3) is 0 Å². The lowest BCUT2D eigenvalue weighted by Gasteiger charge is -2.46. The van der Waals surface area contributed by atoms with Gasteiger partial charge in [0, 0.05) is 17.7 Å². The minimum atomic E-state index is -1.66. The zero-order valence-corrected chi connectivity index (χ0v) is 19.4. The Hall–Kier alpha value is -1.43. The Labute approximate surface area is 181 Å². The maximum atomic E-state index is 2.45. The Morgan fingerprint density at radius 3 is 1.52 bits per heavy atom. The van der Waals surface area contributed by atoms with Crippen molar-refractivity contribution >= 4 is 42.4 Å². The summed E-state index contributed by atoms with van der Waals surface area (Å²) in [6.45, 7) is 3.69. The van der Waals surface area contributed by atoms with E-state index in [1.54, 1.807) is 10.4 Å². The van der Waals surface area contributed by atoms with Crippen LogP contribution in [0.4, 0.5) is 0 Å². The molecule has 0 spiro atoms. The highest BCUT2D eigenvalue weighted by Crippen LogP contribution is 2.28. The van der Waals surface area contributed by atoms with Crippen molar-refractivity contribution in [2.24, 2.45) is 0 Å². The fourth-order valence-electron chi connectivity index (χ4n) is 4.60. The number of nitrogens with zero attached hydrogens (tertiary/aromatic N) is 1. The summed E-state index contributed by atoms with van der Waals surface area (Å²) in [6, 6.07) is 36.4. The van der Waals surface area contributed by atoms with E-state index >= 15 is 0 Å². The fourth-order valence-corrected chi connectivity index (χ4v) is 9.84. The molecule has 3 aromatic carbocycles. The molecule has 140 valence electrons. The second-order valence-corrected chi connectivity index (χ2v) is 12.3. The van der Waals surface area contributed by atoms with Gasteiger partial charge >= 0.3 is 0 Å². The predicted molar refractivity (Wildman–Crippen MR) is 129 cm³/mol. The average molecular weight is 486 g/mol. The highest BCUT2D eigenvalue weighted by molar-refractivity contribution is 14.0. The van der Waals surface area contributed by atoms with E-state index in [1.807, 2.05) is 0 Å². The molecule has 0 radical (unpaired) electrons. The summed E-state index contributed by atoms with van der Waals surface area (Å²) < 4.78 is 1.17. The third-order valence-electron chi connectivity index (χ3n) is 6.22. The summed E-state index contributed by atoms with van der Waals surface area (Å²) in [5.41, 5.74) is 1.46. The smallest absolute Gasteiger partial charge is 0.129 e. The summed E-state index contributed by atoms with van der Waals surface area (Å²) in [5.74, 6) is 0. The van der Waals surface area contributed by atoms with Gasteiger partial charge in [-0.3, -0.25) is 0 Å². The van der Waals surface area contributed by atoms with E-state index in [4.69, 9.17) is 0 Å². The summed E-state index contributed by atoms with van der Waals surface area (Å²) in [7, 11) is 0.789. The zero-order chi connectivity index (χ0) is 17.9. The summed E-state index contributed by atoms with van der Waals surface area (Å²) in [6.07, 6.45) is 0. The van der Waals surface area contributed by atoms with Gasteiger partial charge in [0.05, 0.1) is 20.1 Å². The van der Waals surface area contributed by atoms with Crippen molar-refractivity contribution in [1.29, 1.82) is 0 Å². The molecule has 3 heteroatoms. The third kappa shape index (κ3) is 4.36. The van der Waals surface area contributed by atoms with E-state index in [0.717, 1.165) is 6.54 Å². The standard InChI is InChI=1S/C24H28NSi.HI/c1-25(21-22-11-5-2-6-12-22)17-19-26(20-18-25,23-13-7-3-8-14-23)24-15-9-4-10-16-24;/h2-16H,17-21H2,1H3;1H/q+1;. The van der Waals surface area contributed by atoms with Crippen molar-refractivity contribution in [3.8, 4) is 0 Å². The molecular formula is C24H29INSi+. The Morgan fingerprint density at radius 1 is 0.667 bits per heavy atom. The van der Waals surface area contributed by atoms with Crippen LogP contribution in [0.15, 0.2) is 91.0 Å². The van der Waals surface area contributed by atoms with E-state index in [1.165, 1.54) is 35.2 Å². The fraction of sp³-hybridized carbons (Fsp3) is 0.250. The Bertz CT molecular complexity index is 787. The van der Waals surface area contributed by atoms with Gasteiger partial charge in [0.15, 0.2) is 0 Å². The minimum Gasteiger partial charge on any atom is -0.323 e. The van der Waals surface area contributed by atoms with E-state index in [9.17, 15) is 0 Å². The maximum absolute atomic E-state index is 2.45. The van der Waals surface area contributed by atoms with Crippen LogP contribution in [-0.2, 0) is 6.54 Å². The molecule has 0 aromatic heterocycles. The molecule has 1 aliphatic rings. The molecule has 0 saturated carbocycles. The number of quaternary nitrogens is 1. The molecule has 27 heavy (non-hydrogen) atoms. The highest BCUT2D eigenvalue weighted by Gasteiger charge is 2.44. The van der Waals surface area contributed by atoms with Gasteiger partial charge < -0.3 is 4.48 Å². The molecular weight excluding hydrogens is 457 g/mol. The molecule has 1 fully saturated rings. The monoisotopic (exact) mass is 486 g/mol. The normalized spacial score (nSPS) is 17.7. The van der Waals surface area contributed by atoms with Crippen LogP contribution in [0.2, 0.25) is 12.1 Å². The van der Waals surface area contributed by atoms with E-state index < -0.39 is 8.07 Å². The molecule has 0 atom stereocenters. The van der Waals surface area contributed by atoms with E-state index in [-0.39, 0.29) is 24.0 Å². The van der Waals surface area contributed by atoms with Crippen molar-refractivity contribution in [3.05, 3.63) is 96.6 Å². The first kappa shape index (κ1) is 20.3. The van der Waals surface area contributed by atoms with Gasteiger partial charge in [-0.2, -0.15) is 0 Å². The lowest BCUT2D eigenvalue weighted by Crippen LogP contribution is -2.66. The highest BCUT2D eigenvalue weighted by atomic mass is 127. The number of rotatable bonds is 4.